The number of hydrogen-bond acceptors (Lipinski definition) is 3. The first kappa shape index (κ1) is 17.6. The van der Waals surface area contributed by atoms with E-state index in [1.807, 2.05) is 18.2 Å². The largest absolute Gasteiger partial charge is 0.493 e. The van der Waals surface area contributed by atoms with E-state index < -0.39 is 0 Å². The van der Waals surface area contributed by atoms with Gasteiger partial charge in [-0.2, -0.15) is 0 Å². The molecule has 2 rings (SSSR count). The molecule has 0 aliphatic carbocycles. The molecule has 1 N–H and O–H groups in total. The van der Waals surface area contributed by atoms with Gasteiger partial charge < -0.3 is 14.8 Å². The van der Waals surface area contributed by atoms with Crippen molar-refractivity contribution in [1.82, 2.24) is 5.32 Å². The predicted octanol–water partition coefficient (Wildman–Crippen LogP) is 4.87. The highest BCUT2D eigenvalue weighted by Gasteiger charge is 2.13. The summed E-state index contributed by atoms with van der Waals surface area (Å²) >= 11 is 3.46. The topological polar surface area (TPSA) is 30.5 Å². The summed E-state index contributed by atoms with van der Waals surface area (Å²) in [5, 5.41) is 3.58. The Balaban J connectivity index is 2.14. The molecule has 2 aromatic rings. The summed E-state index contributed by atoms with van der Waals surface area (Å²) in [6.45, 7) is 4.66. The van der Waals surface area contributed by atoms with E-state index in [1.54, 1.807) is 14.2 Å². The molecule has 0 spiro atoms. The maximum absolute atomic E-state index is 5.40. The van der Waals surface area contributed by atoms with E-state index >= 15 is 0 Å². The van der Waals surface area contributed by atoms with Crippen molar-refractivity contribution in [2.45, 2.75) is 19.0 Å². The second kappa shape index (κ2) is 8.75. The minimum atomic E-state index is 0.177. The molecule has 0 amide bonds. The molecule has 122 valence electrons. The van der Waals surface area contributed by atoms with Gasteiger partial charge in [0.2, 0.25) is 0 Å². The predicted molar refractivity (Wildman–Crippen MR) is 98.1 cm³/mol. The first-order valence-electron chi connectivity index (χ1n) is 7.48. The van der Waals surface area contributed by atoms with Crippen LogP contribution in [0, 0.1) is 0 Å². The van der Waals surface area contributed by atoms with Crippen molar-refractivity contribution in [3.63, 3.8) is 0 Å². The number of hydrogen-bond donors (Lipinski definition) is 1. The lowest BCUT2D eigenvalue weighted by atomic mass is 10.0. The number of methoxy groups -OCH3 is 2. The van der Waals surface area contributed by atoms with E-state index in [0.717, 1.165) is 34.5 Å². The van der Waals surface area contributed by atoms with Crippen molar-refractivity contribution in [2.75, 3.05) is 14.2 Å². The third-order valence-electron chi connectivity index (χ3n) is 3.68. The lowest BCUT2D eigenvalue weighted by molar-refractivity contribution is 0.353. The van der Waals surface area contributed by atoms with Gasteiger partial charge in [-0.05, 0) is 41.8 Å². The molecular formula is C19H22BrNO2. The Morgan fingerprint density at radius 3 is 2.39 bits per heavy atom. The average Bonchev–Trinajstić information content (AvgIpc) is 2.59. The summed E-state index contributed by atoms with van der Waals surface area (Å²) in [6, 6.07) is 14.5. The number of benzene rings is 2. The molecule has 0 fully saturated rings. The lowest BCUT2D eigenvalue weighted by Gasteiger charge is -2.19. The van der Waals surface area contributed by atoms with Crippen LogP contribution in [-0.4, -0.2) is 14.2 Å². The zero-order chi connectivity index (χ0) is 16.7. The first-order chi connectivity index (χ1) is 11.2. The van der Waals surface area contributed by atoms with Crippen molar-refractivity contribution in [3.8, 4) is 11.5 Å². The number of nitrogens with one attached hydrogen (secondary N) is 1. The molecule has 1 atom stereocenters. The van der Waals surface area contributed by atoms with Crippen LogP contribution in [0.3, 0.4) is 0 Å². The van der Waals surface area contributed by atoms with E-state index in [2.05, 4.69) is 58.2 Å². The molecule has 1 unspecified atom stereocenters. The Morgan fingerprint density at radius 2 is 1.78 bits per heavy atom. The highest BCUT2D eigenvalue weighted by molar-refractivity contribution is 9.10. The van der Waals surface area contributed by atoms with Gasteiger partial charge >= 0.3 is 0 Å². The Morgan fingerprint density at radius 1 is 1.09 bits per heavy atom. The van der Waals surface area contributed by atoms with Gasteiger partial charge in [-0.1, -0.05) is 40.2 Å². The average molecular weight is 376 g/mol. The second-order valence-electron chi connectivity index (χ2n) is 5.20. The minimum Gasteiger partial charge on any atom is -0.493 e. The van der Waals surface area contributed by atoms with E-state index in [0.29, 0.717) is 0 Å². The van der Waals surface area contributed by atoms with Gasteiger partial charge in [-0.15, -0.1) is 6.58 Å². The van der Waals surface area contributed by atoms with Crippen molar-refractivity contribution >= 4 is 15.9 Å². The van der Waals surface area contributed by atoms with E-state index in [9.17, 15) is 0 Å². The fourth-order valence-corrected chi connectivity index (χ4v) is 2.68. The fraction of sp³-hybridized carbons (Fsp3) is 0.263. The third kappa shape index (κ3) is 4.85. The van der Waals surface area contributed by atoms with Gasteiger partial charge in [-0.25, -0.2) is 0 Å². The molecule has 0 aliphatic heterocycles. The Kier molecular flexibility index (Phi) is 6.68. The minimum absolute atomic E-state index is 0.177. The van der Waals surface area contributed by atoms with E-state index in [1.165, 1.54) is 5.56 Å². The maximum Gasteiger partial charge on any atom is 0.161 e. The van der Waals surface area contributed by atoms with E-state index in [-0.39, 0.29) is 6.04 Å². The van der Waals surface area contributed by atoms with Crippen LogP contribution < -0.4 is 14.8 Å². The van der Waals surface area contributed by atoms with Crippen LogP contribution in [0.15, 0.2) is 59.6 Å². The fourth-order valence-electron chi connectivity index (χ4n) is 2.42. The van der Waals surface area contributed by atoms with Crippen LogP contribution in [0.5, 0.6) is 11.5 Å². The molecule has 0 bridgehead atoms. The molecule has 0 aromatic heterocycles. The Labute approximate surface area is 146 Å². The summed E-state index contributed by atoms with van der Waals surface area (Å²) in [4.78, 5) is 0. The zero-order valence-electron chi connectivity index (χ0n) is 13.5. The van der Waals surface area contributed by atoms with Crippen LogP contribution in [-0.2, 0) is 6.54 Å². The highest BCUT2D eigenvalue weighted by Crippen LogP contribution is 2.31. The summed E-state index contributed by atoms with van der Waals surface area (Å²) in [5.74, 6) is 1.48. The molecule has 0 radical (unpaired) electrons. The molecule has 0 saturated carbocycles. The van der Waals surface area contributed by atoms with E-state index in [4.69, 9.17) is 9.47 Å². The number of halogens is 1. The quantitative estimate of drug-likeness (QED) is 0.667. The number of ether oxygens (including phenoxy) is 2. The SMILES string of the molecule is C=CCC(NCc1ccc(Br)cc1)c1ccc(OC)c(OC)c1. The number of rotatable bonds is 8. The van der Waals surface area contributed by atoms with Crippen LogP contribution in [0.1, 0.15) is 23.6 Å². The standard InChI is InChI=1S/C19H22BrNO2/c1-4-5-17(21-13-14-6-9-16(20)10-7-14)15-8-11-18(22-2)19(12-15)23-3/h4,6-12,17,21H,1,5,13H2,2-3H3. The third-order valence-corrected chi connectivity index (χ3v) is 4.21. The Bertz CT molecular complexity index is 640. The van der Waals surface area contributed by atoms with Crippen LogP contribution in [0.4, 0.5) is 0 Å². The van der Waals surface area contributed by atoms with Crippen molar-refractivity contribution < 1.29 is 9.47 Å². The second-order valence-corrected chi connectivity index (χ2v) is 6.11. The van der Waals surface area contributed by atoms with Crippen LogP contribution >= 0.6 is 15.9 Å². The molecular weight excluding hydrogens is 354 g/mol. The molecule has 3 nitrogen and oxygen atoms in total. The summed E-state index contributed by atoms with van der Waals surface area (Å²) in [5.41, 5.74) is 2.39. The van der Waals surface area contributed by atoms with Gasteiger partial charge in [0.15, 0.2) is 11.5 Å². The highest BCUT2D eigenvalue weighted by atomic mass is 79.9. The molecule has 2 aromatic carbocycles. The molecule has 0 saturated heterocycles. The van der Waals surface area contributed by atoms with Crippen LogP contribution in [0.25, 0.3) is 0 Å². The monoisotopic (exact) mass is 375 g/mol. The summed E-state index contributed by atoms with van der Waals surface area (Å²) in [7, 11) is 3.30. The summed E-state index contributed by atoms with van der Waals surface area (Å²) in [6.07, 6.45) is 2.77. The van der Waals surface area contributed by atoms with Crippen molar-refractivity contribution in [1.29, 1.82) is 0 Å². The van der Waals surface area contributed by atoms with Gasteiger partial charge in [0.05, 0.1) is 14.2 Å². The molecule has 0 heterocycles. The molecule has 0 aliphatic rings. The first-order valence-corrected chi connectivity index (χ1v) is 8.28. The van der Waals surface area contributed by atoms with Gasteiger partial charge in [0.1, 0.15) is 0 Å². The van der Waals surface area contributed by atoms with Gasteiger partial charge in [0.25, 0.3) is 0 Å². The normalized spacial score (nSPS) is 11.8. The van der Waals surface area contributed by atoms with Crippen molar-refractivity contribution in [2.24, 2.45) is 0 Å². The lowest BCUT2D eigenvalue weighted by Crippen LogP contribution is -2.20. The maximum atomic E-state index is 5.40. The van der Waals surface area contributed by atoms with Gasteiger partial charge in [-0.3, -0.25) is 0 Å². The molecule has 23 heavy (non-hydrogen) atoms. The molecule has 4 heteroatoms. The smallest absolute Gasteiger partial charge is 0.161 e. The van der Waals surface area contributed by atoms with Crippen LogP contribution in [0.2, 0.25) is 0 Å². The van der Waals surface area contributed by atoms with Gasteiger partial charge in [0, 0.05) is 17.1 Å². The Hall–Kier alpha value is -1.78. The summed E-state index contributed by atoms with van der Waals surface area (Å²) < 4.78 is 11.8. The zero-order valence-corrected chi connectivity index (χ0v) is 15.1. The van der Waals surface area contributed by atoms with Crippen molar-refractivity contribution in [3.05, 3.63) is 70.7 Å².